The number of rotatable bonds is 3. The highest BCUT2D eigenvalue weighted by molar-refractivity contribution is 6.30. The number of pyridine rings is 3. The van der Waals surface area contributed by atoms with Crippen molar-refractivity contribution in [2.45, 2.75) is 26.3 Å². The zero-order chi connectivity index (χ0) is 16.8. The molecule has 0 bridgehead atoms. The van der Waals surface area contributed by atoms with Crippen LogP contribution in [-0.2, 0) is 6.54 Å². The fourth-order valence-electron chi connectivity index (χ4n) is 2.95. The minimum absolute atomic E-state index is 0.146. The molecule has 0 atom stereocenters. The van der Waals surface area contributed by atoms with Crippen LogP contribution in [0.1, 0.15) is 18.4 Å². The molecule has 1 fully saturated rings. The van der Waals surface area contributed by atoms with Gasteiger partial charge in [0.2, 0.25) is 0 Å². The molecule has 3 aromatic rings. The van der Waals surface area contributed by atoms with E-state index in [9.17, 15) is 9.18 Å². The minimum atomic E-state index is -0.421. The van der Waals surface area contributed by atoms with Gasteiger partial charge in [0.1, 0.15) is 11.0 Å². The van der Waals surface area contributed by atoms with E-state index in [2.05, 4.69) is 9.97 Å². The van der Waals surface area contributed by atoms with Crippen LogP contribution < -0.4 is 5.56 Å². The van der Waals surface area contributed by atoms with E-state index < -0.39 is 5.82 Å². The molecule has 4 nitrogen and oxygen atoms in total. The molecule has 1 saturated carbocycles. The van der Waals surface area contributed by atoms with Crippen LogP contribution in [-0.4, -0.2) is 14.5 Å². The van der Waals surface area contributed by atoms with Crippen molar-refractivity contribution in [1.82, 2.24) is 14.5 Å². The third-order valence-electron chi connectivity index (χ3n) is 4.53. The van der Waals surface area contributed by atoms with Crippen molar-refractivity contribution in [3.63, 3.8) is 0 Å². The van der Waals surface area contributed by atoms with Gasteiger partial charge in [-0.1, -0.05) is 11.6 Å². The van der Waals surface area contributed by atoms with Crippen LogP contribution >= 0.6 is 11.6 Å². The molecule has 0 amide bonds. The van der Waals surface area contributed by atoms with Crippen molar-refractivity contribution in [1.29, 1.82) is 0 Å². The molecular weight excluding hydrogens is 329 g/mol. The fourth-order valence-corrected chi connectivity index (χ4v) is 3.10. The molecule has 0 aromatic carbocycles. The Kier molecular flexibility index (Phi) is 3.61. The second kappa shape index (κ2) is 5.67. The summed E-state index contributed by atoms with van der Waals surface area (Å²) in [5.74, 6) is 0.0924. The van der Waals surface area contributed by atoms with Gasteiger partial charge in [-0.05, 0) is 43.4 Å². The monoisotopic (exact) mass is 343 g/mol. The van der Waals surface area contributed by atoms with Crippen molar-refractivity contribution < 1.29 is 4.39 Å². The first-order chi connectivity index (χ1) is 11.5. The smallest absolute Gasteiger partial charge is 0.259 e. The van der Waals surface area contributed by atoms with E-state index in [0.29, 0.717) is 34.3 Å². The average molecular weight is 344 g/mol. The number of halogens is 2. The second-order valence-corrected chi connectivity index (χ2v) is 6.66. The molecule has 3 heterocycles. The molecule has 0 saturated heterocycles. The Morgan fingerprint density at radius 3 is 2.79 bits per heavy atom. The Bertz CT molecular complexity index is 1010. The van der Waals surface area contributed by atoms with Gasteiger partial charge < -0.3 is 4.57 Å². The summed E-state index contributed by atoms with van der Waals surface area (Å²) in [6.07, 6.45) is 6.58. The van der Waals surface area contributed by atoms with Crippen LogP contribution in [0.25, 0.3) is 22.0 Å². The van der Waals surface area contributed by atoms with E-state index in [0.717, 1.165) is 29.9 Å². The molecule has 6 heteroatoms. The van der Waals surface area contributed by atoms with E-state index in [1.54, 1.807) is 29.8 Å². The van der Waals surface area contributed by atoms with Crippen LogP contribution in [0.2, 0.25) is 5.15 Å². The van der Waals surface area contributed by atoms with Crippen LogP contribution in [0.5, 0.6) is 0 Å². The highest BCUT2D eigenvalue weighted by Gasteiger charge is 2.24. The third kappa shape index (κ3) is 2.59. The summed E-state index contributed by atoms with van der Waals surface area (Å²) in [5, 5.41) is 1.15. The summed E-state index contributed by atoms with van der Waals surface area (Å²) in [6, 6.07) is 3.45. The van der Waals surface area contributed by atoms with Crippen LogP contribution in [0, 0.1) is 18.7 Å². The predicted molar refractivity (Wildman–Crippen MR) is 91.7 cm³/mol. The van der Waals surface area contributed by atoms with E-state index in [1.807, 2.05) is 0 Å². The average Bonchev–Trinajstić information content (AvgIpc) is 3.37. The topological polar surface area (TPSA) is 47.8 Å². The zero-order valence-electron chi connectivity index (χ0n) is 13.1. The summed E-state index contributed by atoms with van der Waals surface area (Å²) in [5.41, 5.74) is 1.99. The molecule has 0 aliphatic heterocycles. The summed E-state index contributed by atoms with van der Waals surface area (Å²) in [6.45, 7) is 2.30. The summed E-state index contributed by atoms with van der Waals surface area (Å²) in [4.78, 5) is 21.1. The second-order valence-electron chi connectivity index (χ2n) is 6.28. The molecule has 24 heavy (non-hydrogen) atoms. The van der Waals surface area contributed by atoms with Gasteiger partial charge in [-0.15, -0.1) is 0 Å². The van der Waals surface area contributed by atoms with E-state index >= 15 is 0 Å². The third-order valence-corrected chi connectivity index (χ3v) is 4.73. The Morgan fingerprint density at radius 2 is 2.04 bits per heavy atom. The van der Waals surface area contributed by atoms with Gasteiger partial charge in [0.25, 0.3) is 5.56 Å². The highest BCUT2D eigenvalue weighted by atomic mass is 35.5. The van der Waals surface area contributed by atoms with Gasteiger partial charge in [-0.2, -0.15) is 0 Å². The van der Waals surface area contributed by atoms with E-state index in [1.165, 1.54) is 6.20 Å². The van der Waals surface area contributed by atoms with Gasteiger partial charge in [-0.25, -0.2) is 9.37 Å². The predicted octanol–water partition coefficient (Wildman–Crippen LogP) is 3.97. The lowest BCUT2D eigenvalue weighted by Crippen LogP contribution is -2.23. The SMILES string of the molecule is Cc1c(F)cncc1-c1cc2cnc(Cl)cc2n(CC2CC2)c1=O. The highest BCUT2D eigenvalue weighted by Crippen LogP contribution is 2.32. The zero-order valence-corrected chi connectivity index (χ0v) is 13.8. The summed E-state index contributed by atoms with van der Waals surface area (Å²) >= 11 is 6.01. The van der Waals surface area contributed by atoms with Gasteiger partial charge >= 0.3 is 0 Å². The van der Waals surface area contributed by atoms with Crippen molar-refractivity contribution >= 4 is 22.5 Å². The Hall–Kier alpha value is -2.27. The molecular formula is C18H15ClFN3O. The van der Waals surface area contributed by atoms with E-state index in [4.69, 9.17) is 11.6 Å². The molecule has 0 N–H and O–H groups in total. The first-order valence-corrected chi connectivity index (χ1v) is 8.22. The molecule has 4 rings (SSSR count). The lowest BCUT2D eigenvalue weighted by atomic mass is 10.0. The Balaban J connectivity index is 2.02. The Morgan fingerprint density at radius 1 is 1.25 bits per heavy atom. The molecule has 0 unspecified atom stereocenters. The molecule has 0 radical (unpaired) electrons. The lowest BCUT2D eigenvalue weighted by molar-refractivity contribution is 0.612. The maximum absolute atomic E-state index is 13.9. The normalized spacial score (nSPS) is 14.3. The van der Waals surface area contributed by atoms with Crippen LogP contribution in [0.4, 0.5) is 4.39 Å². The standard InChI is InChI=1S/C18H15ClFN3O/c1-10-14(7-21-8-15(10)20)13-4-12-6-22-17(19)5-16(12)23(18(13)24)9-11-2-3-11/h4-8,11H,2-3,9H2,1H3. The largest absolute Gasteiger partial charge is 0.307 e. The number of nitrogens with zero attached hydrogens (tertiary/aromatic N) is 3. The number of hydrogen-bond acceptors (Lipinski definition) is 3. The van der Waals surface area contributed by atoms with Gasteiger partial charge in [0, 0.05) is 35.5 Å². The maximum Gasteiger partial charge on any atom is 0.259 e. The fraction of sp³-hybridized carbons (Fsp3) is 0.278. The van der Waals surface area contributed by atoms with Crippen molar-refractivity contribution in [3.05, 3.63) is 57.6 Å². The van der Waals surface area contributed by atoms with Crippen LogP contribution in [0.15, 0.2) is 35.5 Å². The van der Waals surface area contributed by atoms with Gasteiger partial charge in [-0.3, -0.25) is 9.78 Å². The lowest BCUT2D eigenvalue weighted by Gasteiger charge is -2.14. The van der Waals surface area contributed by atoms with Crippen molar-refractivity contribution in [2.75, 3.05) is 0 Å². The molecule has 122 valence electrons. The minimum Gasteiger partial charge on any atom is -0.307 e. The van der Waals surface area contributed by atoms with Crippen molar-refractivity contribution in [3.8, 4) is 11.1 Å². The van der Waals surface area contributed by atoms with E-state index in [-0.39, 0.29) is 5.56 Å². The van der Waals surface area contributed by atoms with Crippen LogP contribution in [0.3, 0.4) is 0 Å². The molecule has 3 aromatic heterocycles. The number of aromatic nitrogens is 3. The molecule has 0 spiro atoms. The molecule has 1 aliphatic rings. The number of hydrogen-bond donors (Lipinski definition) is 0. The quantitative estimate of drug-likeness (QED) is 0.676. The summed E-state index contributed by atoms with van der Waals surface area (Å²) < 4.78 is 15.6. The number of fused-ring (bicyclic) bond motifs is 1. The molecule has 1 aliphatic carbocycles. The van der Waals surface area contributed by atoms with Gasteiger partial charge in [0.15, 0.2) is 0 Å². The first kappa shape index (κ1) is 15.3. The Labute approximate surface area is 142 Å². The summed E-state index contributed by atoms with van der Waals surface area (Å²) in [7, 11) is 0. The first-order valence-electron chi connectivity index (χ1n) is 7.84. The van der Waals surface area contributed by atoms with Crippen molar-refractivity contribution in [2.24, 2.45) is 5.92 Å². The van der Waals surface area contributed by atoms with Gasteiger partial charge in [0.05, 0.1) is 11.7 Å². The maximum atomic E-state index is 13.9.